The second-order valence-corrected chi connectivity index (χ2v) is 5.05. The molecule has 0 bridgehead atoms. The fraction of sp³-hybridized carbons (Fsp3) is 0.583. The Balaban J connectivity index is 1.98. The molecular weight excluding hydrogens is 248 g/mol. The van der Waals surface area contributed by atoms with Crippen LogP contribution in [0.3, 0.4) is 0 Å². The van der Waals surface area contributed by atoms with Crippen molar-refractivity contribution >= 4 is 23.5 Å². The zero-order valence-corrected chi connectivity index (χ0v) is 11.5. The van der Waals surface area contributed by atoms with Gasteiger partial charge in [-0.1, -0.05) is 11.8 Å². The molecule has 0 unspecified atom stereocenters. The first kappa shape index (κ1) is 13.1. The van der Waals surface area contributed by atoms with Gasteiger partial charge < -0.3 is 10.2 Å². The second-order valence-electron chi connectivity index (χ2n) is 4.28. The van der Waals surface area contributed by atoms with Crippen molar-refractivity contribution in [2.45, 2.75) is 18.0 Å². The van der Waals surface area contributed by atoms with E-state index in [2.05, 4.69) is 20.2 Å². The maximum absolute atomic E-state index is 11.6. The molecule has 6 heteroatoms. The molecule has 5 nitrogen and oxygen atoms in total. The molecular formula is C12H18N4OS. The lowest BCUT2D eigenvalue weighted by atomic mass is 9.96. The number of hydrogen-bond donors (Lipinski definition) is 1. The van der Waals surface area contributed by atoms with E-state index >= 15 is 0 Å². The number of anilines is 1. The molecule has 1 aromatic rings. The number of thioether (sulfide) groups is 1. The van der Waals surface area contributed by atoms with E-state index in [-0.39, 0.29) is 11.8 Å². The highest BCUT2D eigenvalue weighted by Gasteiger charge is 2.24. The minimum Gasteiger partial charge on any atom is -0.359 e. The van der Waals surface area contributed by atoms with E-state index in [1.54, 1.807) is 25.0 Å². The van der Waals surface area contributed by atoms with Gasteiger partial charge in [-0.25, -0.2) is 9.97 Å². The number of nitrogens with zero attached hydrogens (tertiary/aromatic N) is 3. The molecule has 1 aliphatic rings. The van der Waals surface area contributed by atoms with Gasteiger partial charge in [0.2, 0.25) is 5.91 Å². The van der Waals surface area contributed by atoms with Gasteiger partial charge in [-0.3, -0.25) is 4.79 Å². The average Bonchev–Trinajstić information content (AvgIpc) is 2.46. The van der Waals surface area contributed by atoms with Crippen LogP contribution in [0.25, 0.3) is 0 Å². The van der Waals surface area contributed by atoms with Crippen LogP contribution in [0.1, 0.15) is 12.8 Å². The van der Waals surface area contributed by atoms with E-state index in [0.717, 1.165) is 36.9 Å². The first-order valence-electron chi connectivity index (χ1n) is 6.08. The molecule has 0 aromatic carbocycles. The van der Waals surface area contributed by atoms with Crippen LogP contribution in [0.15, 0.2) is 17.4 Å². The number of hydrogen-bond acceptors (Lipinski definition) is 5. The van der Waals surface area contributed by atoms with E-state index in [0.29, 0.717) is 0 Å². The topological polar surface area (TPSA) is 58.1 Å². The van der Waals surface area contributed by atoms with Crippen LogP contribution in [-0.4, -0.2) is 42.3 Å². The van der Waals surface area contributed by atoms with Crippen LogP contribution in [0, 0.1) is 5.92 Å². The largest absolute Gasteiger partial charge is 0.359 e. The van der Waals surface area contributed by atoms with Crippen LogP contribution in [0.5, 0.6) is 0 Å². The fourth-order valence-corrected chi connectivity index (χ4v) is 2.53. The molecule has 1 aromatic heterocycles. The maximum atomic E-state index is 11.6. The summed E-state index contributed by atoms with van der Waals surface area (Å²) in [7, 11) is 1.70. The van der Waals surface area contributed by atoms with Crippen molar-refractivity contribution in [1.29, 1.82) is 0 Å². The number of carbonyl (C=O) groups is 1. The molecule has 1 aliphatic heterocycles. The number of piperidine rings is 1. The number of carbonyl (C=O) groups excluding carboxylic acids is 1. The lowest BCUT2D eigenvalue weighted by Crippen LogP contribution is -2.39. The molecule has 18 heavy (non-hydrogen) atoms. The number of aromatic nitrogens is 2. The first-order chi connectivity index (χ1) is 8.74. The molecule has 2 rings (SSSR count). The fourth-order valence-electron chi connectivity index (χ4n) is 2.18. The van der Waals surface area contributed by atoms with Crippen molar-refractivity contribution in [3.05, 3.63) is 12.3 Å². The van der Waals surface area contributed by atoms with Gasteiger partial charge in [-0.2, -0.15) is 0 Å². The van der Waals surface area contributed by atoms with E-state index in [1.807, 2.05) is 12.3 Å². The minimum atomic E-state index is 0.146. The highest BCUT2D eigenvalue weighted by Crippen LogP contribution is 2.22. The van der Waals surface area contributed by atoms with E-state index in [4.69, 9.17) is 0 Å². The summed E-state index contributed by atoms with van der Waals surface area (Å²) in [6.07, 6.45) is 5.53. The predicted molar refractivity (Wildman–Crippen MR) is 72.8 cm³/mol. The zero-order chi connectivity index (χ0) is 13.0. The van der Waals surface area contributed by atoms with Gasteiger partial charge in [0.25, 0.3) is 0 Å². The van der Waals surface area contributed by atoms with E-state index in [1.165, 1.54) is 0 Å². The number of rotatable bonds is 3. The van der Waals surface area contributed by atoms with Gasteiger partial charge >= 0.3 is 0 Å². The molecule has 0 radical (unpaired) electrons. The zero-order valence-electron chi connectivity index (χ0n) is 10.7. The Hall–Kier alpha value is -1.30. The van der Waals surface area contributed by atoms with Crippen LogP contribution in [0.2, 0.25) is 0 Å². The average molecular weight is 266 g/mol. The summed E-state index contributed by atoms with van der Waals surface area (Å²) in [6.45, 7) is 1.76. The van der Waals surface area contributed by atoms with Crippen molar-refractivity contribution in [2.24, 2.45) is 5.92 Å². The van der Waals surface area contributed by atoms with E-state index in [9.17, 15) is 4.79 Å². The van der Waals surface area contributed by atoms with Crippen LogP contribution in [-0.2, 0) is 4.79 Å². The Bertz CT molecular complexity index is 418. The Labute approximate surface area is 111 Å². The summed E-state index contributed by atoms with van der Waals surface area (Å²) >= 11 is 1.54. The quantitative estimate of drug-likeness (QED) is 0.657. The Morgan fingerprint density at radius 1 is 1.50 bits per heavy atom. The van der Waals surface area contributed by atoms with Crippen molar-refractivity contribution in [3.63, 3.8) is 0 Å². The molecule has 1 saturated heterocycles. The third-order valence-electron chi connectivity index (χ3n) is 3.24. The normalized spacial score (nSPS) is 16.7. The number of nitrogens with one attached hydrogen (secondary N) is 1. The third kappa shape index (κ3) is 2.93. The lowest BCUT2D eigenvalue weighted by molar-refractivity contribution is -0.125. The molecule has 1 fully saturated rings. The first-order valence-corrected chi connectivity index (χ1v) is 7.30. The van der Waals surface area contributed by atoms with Crippen molar-refractivity contribution in [3.8, 4) is 0 Å². The molecule has 2 heterocycles. The molecule has 0 aliphatic carbocycles. The van der Waals surface area contributed by atoms with Gasteiger partial charge in [0.05, 0.1) is 0 Å². The highest BCUT2D eigenvalue weighted by molar-refractivity contribution is 7.98. The lowest BCUT2D eigenvalue weighted by Gasteiger charge is -2.31. The second kappa shape index (κ2) is 6.04. The SMILES string of the molecule is CNC(=O)C1CCN(c2ccnc(SC)n2)CC1. The van der Waals surface area contributed by atoms with E-state index < -0.39 is 0 Å². The maximum Gasteiger partial charge on any atom is 0.222 e. The molecule has 98 valence electrons. The summed E-state index contributed by atoms with van der Waals surface area (Å²) in [5, 5.41) is 3.51. The summed E-state index contributed by atoms with van der Waals surface area (Å²) in [5.74, 6) is 1.26. The summed E-state index contributed by atoms with van der Waals surface area (Å²) in [6, 6.07) is 1.93. The standard InChI is InChI=1S/C12H18N4OS/c1-13-11(17)9-4-7-16(8-5-9)10-3-6-14-12(15-10)18-2/h3,6,9H,4-5,7-8H2,1-2H3,(H,13,17). The van der Waals surface area contributed by atoms with Gasteiger partial charge in [0.15, 0.2) is 5.16 Å². The minimum absolute atomic E-state index is 0.146. The molecule has 0 spiro atoms. The third-order valence-corrected chi connectivity index (χ3v) is 3.80. The van der Waals surface area contributed by atoms with Gasteiger partial charge in [-0.15, -0.1) is 0 Å². The number of amides is 1. The Morgan fingerprint density at radius 3 is 2.83 bits per heavy atom. The van der Waals surface area contributed by atoms with Crippen molar-refractivity contribution in [2.75, 3.05) is 31.3 Å². The van der Waals surface area contributed by atoms with Crippen molar-refractivity contribution < 1.29 is 4.79 Å². The Kier molecular flexibility index (Phi) is 4.41. The van der Waals surface area contributed by atoms with Crippen molar-refractivity contribution in [1.82, 2.24) is 15.3 Å². The predicted octanol–water partition coefficient (Wildman–Crippen LogP) is 1.16. The van der Waals surface area contributed by atoms with Crippen LogP contribution < -0.4 is 10.2 Å². The molecule has 1 amide bonds. The monoisotopic (exact) mass is 266 g/mol. The Morgan fingerprint density at radius 2 is 2.22 bits per heavy atom. The van der Waals surface area contributed by atoms with Crippen LogP contribution in [0.4, 0.5) is 5.82 Å². The van der Waals surface area contributed by atoms with Gasteiger partial charge in [0, 0.05) is 32.3 Å². The summed E-state index contributed by atoms with van der Waals surface area (Å²) in [5.41, 5.74) is 0. The summed E-state index contributed by atoms with van der Waals surface area (Å²) < 4.78 is 0. The molecule has 0 saturated carbocycles. The summed E-state index contributed by atoms with van der Waals surface area (Å²) in [4.78, 5) is 22.4. The molecule has 0 atom stereocenters. The smallest absolute Gasteiger partial charge is 0.222 e. The highest BCUT2D eigenvalue weighted by atomic mass is 32.2. The van der Waals surface area contributed by atoms with Gasteiger partial charge in [0.1, 0.15) is 5.82 Å². The van der Waals surface area contributed by atoms with Crippen LogP contribution >= 0.6 is 11.8 Å². The van der Waals surface area contributed by atoms with Gasteiger partial charge in [-0.05, 0) is 25.2 Å². The molecule has 1 N–H and O–H groups in total.